The van der Waals surface area contributed by atoms with Gasteiger partial charge in [-0.15, -0.1) is 0 Å². The van der Waals surface area contributed by atoms with Crippen molar-refractivity contribution in [1.82, 2.24) is 10.5 Å². The first-order valence-electron chi connectivity index (χ1n) is 7.36. The highest BCUT2D eigenvalue weighted by Crippen LogP contribution is 2.22. The summed E-state index contributed by atoms with van der Waals surface area (Å²) in [5, 5.41) is 6.85. The number of aromatic nitrogens is 1. The number of rotatable bonds is 5. The van der Waals surface area contributed by atoms with Crippen LogP contribution in [0.4, 0.5) is 0 Å². The first-order valence-corrected chi connectivity index (χ1v) is 7.73. The van der Waals surface area contributed by atoms with E-state index in [1.54, 1.807) is 24.3 Å². The number of nitrogens with zero attached hydrogens (tertiary/aromatic N) is 1. The molecule has 25 heavy (non-hydrogen) atoms. The lowest BCUT2D eigenvalue weighted by Gasteiger charge is -2.02. The Balaban J connectivity index is 1.45. The number of benzene rings is 1. The van der Waals surface area contributed by atoms with Crippen LogP contribution in [-0.2, 0) is 0 Å². The molecule has 0 atom stereocenters. The van der Waals surface area contributed by atoms with Gasteiger partial charge in [0.1, 0.15) is 12.4 Å². The van der Waals surface area contributed by atoms with Gasteiger partial charge in [0, 0.05) is 6.07 Å². The summed E-state index contributed by atoms with van der Waals surface area (Å²) in [4.78, 5) is 11.9. The van der Waals surface area contributed by atoms with E-state index in [9.17, 15) is 4.79 Å². The normalized spacial score (nSPS) is 9.96. The molecule has 1 N–H and O–H groups in total. The Kier molecular flexibility index (Phi) is 5.39. The second kappa shape index (κ2) is 8.08. The van der Waals surface area contributed by atoms with Crippen LogP contribution >= 0.6 is 11.6 Å². The minimum Gasteiger partial charge on any atom is -0.479 e. The van der Waals surface area contributed by atoms with Crippen molar-refractivity contribution in [3.8, 4) is 29.1 Å². The molecule has 0 saturated carbocycles. The summed E-state index contributed by atoms with van der Waals surface area (Å²) in [5.41, 5.74) is 0.153. The van der Waals surface area contributed by atoms with Crippen LogP contribution in [0.25, 0.3) is 11.5 Å². The maximum atomic E-state index is 11.9. The van der Waals surface area contributed by atoms with E-state index in [1.807, 2.05) is 12.1 Å². The van der Waals surface area contributed by atoms with Gasteiger partial charge in [-0.1, -0.05) is 40.7 Å². The molecule has 3 rings (SSSR count). The van der Waals surface area contributed by atoms with Crippen molar-refractivity contribution in [3.63, 3.8) is 0 Å². The second-order valence-electron chi connectivity index (χ2n) is 4.81. The van der Waals surface area contributed by atoms with Crippen LogP contribution in [0.15, 0.2) is 57.7 Å². The number of carbonyl (C=O) groups is 1. The molecule has 7 heteroatoms. The molecule has 2 aromatic heterocycles. The predicted molar refractivity (Wildman–Crippen MR) is 91.3 cm³/mol. The average Bonchev–Trinajstić information content (AvgIpc) is 3.30. The van der Waals surface area contributed by atoms with E-state index in [0.717, 1.165) is 0 Å². The van der Waals surface area contributed by atoms with Crippen molar-refractivity contribution in [2.24, 2.45) is 0 Å². The van der Waals surface area contributed by atoms with Gasteiger partial charge >= 0.3 is 0 Å². The van der Waals surface area contributed by atoms with Crippen LogP contribution in [0.2, 0.25) is 5.02 Å². The quantitative estimate of drug-likeness (QED) is 0.709. The molecule has 6 nitrogen and oxygen atoms in total. The Bertz CT molecular complexity index is 907. The number of para-hydroxylation sites is 1. The molecule has 0 fully saturated rings. The van der Waals surface area contributed by atoms with E-state index in [2.05, 4.69) is 22.3 Å². The number of hydrogen-bond acceptors (Lipinski definition) is 5. The molecule has 0 aliphatic heterocycles. The van der Waals surface area contributed by atoms with Crippen molar-refractivity contribution in [1.29, 1.82) is 0 Å². The molecule has 0 bridgehead atoms. The van der Waals surface area contributed by atoms with Crippen LogP contribution in [0.3, 0.4) is 0 Å². The van der Waals surface area contributed by atoms with Crippen molar-refractivity contribution >= 4 is 17.5 Å². The van der Waals surface area contributed by atoms with Gasteiger partial charge in [-0.2, -0.15) is 0 Å². The Morgan fingerprint density at radius 2 is 2.08 bits per heavy atom. The zero-order valence-electron chi connectivity index (χ0n) is 13.0. The third-order valence-corrected chi connectivity index (χ3v) is 3.42. The molecule has 0 radical (unpaired) electrons. The number of ether oxygens (including phenoxy) is 1. The molecule has 3 aromatic rings. The van der Waals surface area contributed by atoms with Crippen molar-refractivity contribution < 1.29 is 18.5 Å². The van der Waals surface area contributed by atoms with Gasteiger partial charge in [-0.25, -0.2) is 0 Å². The number of hydrogen-bond donors (Lipinski definition) is 1. The Hall–Kier alpha value is -3.17. The maximum Gasteiger partial charge on any atom is 0.274 e. The third-order valence-electron chi connectivity index (χ3n) is 3.11. The van der Waals surface area contributed by atoms with Crippen LogP contribution in [0.1, 0.15) is 10.5 Å². The van der Waals surface area contributed by atoms with Crippen LogP contribution in [0.5, 0.6) is 5.75 Å². The molecule has 1 aromatic carbocycles. The number of carbonyl (C=O) groups excluding carboxylic acids is 1. The average molecular weight is 357 g/mol. The Labute approximate surface area is 148 Å². The molecular weight excluding hydrogens is 344 g/mol. The number of halogens is 1. The lowest BCUT2D eigenvalue weighted by molar-refractivity contribution is 0.0949. The molecular formula is C18H13ClN2O4. The molecule has 0 unspecified atom stereocenters. The molecule has 0 aliphatic carbocycles. The Morgan fingerprint density at radius 1 is 1.20 bits per heavy atom. The van der Waals surface area contributed by atoms with Crippen LogP contribution in [0, 0.1) is 11.8 Å². The fraction of sp³-hybridized carbons (Fsp3) is 0.111. The van der Waals surface area contributed by atoms with Gasteiger partial charge < -0.3 is 19.0 Å². The molecule has 0 saturated heterocycles. The summed E-state index contributed by atoms with van der Waals surface area (Å²) >= 11 is 5.96. The fourth-order valence-corrected chi connectivity index (χ4v) is 2.11. The summed E-state index contributed by atoms with van der Waals surface area (Å²) in [6.45, 7) is 0.333. The summed E-state index contributed by atoms with van der Waals surface area (Å²) in [5.74, 6) is 6.64. The number of amides is 1. The first kappa shape index (κ1) is 16.7. The monoisotopic (exact) mass is 356 g/mol. The van der Waals surface area contributed by atoms with Crippen molar-refractivity contribution in [2.45, 2.75) is 0 Å². The largest absolute Gasteiger partial charge is 0.479 e. The van der Waals surface area contributed by atoms with E-state index < -0.39 is 0 Å². The summed E-state index contributed by atoms with van der Waals surface area (Å²) in [7, 11) is 0. The van der Waals surface area contributed by atoms with Crippen LogP contribution in [-0.4, -0.2) is 24.2 Å². The van der Waals surface area contributed by atoms with E-state index in [1.165, 1.54) is 12.3 Å². The SMILES string of the molecule is O=C(NCC#CCOc1ccccc1Cl)c1cc(-c2ccco2)on1. The molecule has 2 heterocycles. The topological polar surface area (TPSA) is 77.5 Å². The van der Waals surface area contributed by atoms with Gasteiger partial charge in [-0.3, -0.25) is 4.79 Å². The van der Waals surface area contributed by atoms with E-state index in [0.29, 0.717) is 22.3 Å². The number of furan rings is 1. The van der Waals surface area contributed by atoms with Gasteiger partial charge in [0.25, 0.3) is 5.91 Å². The minimum atomic E-state index is -0.386. The predicted octanol–water partition coefficient (Wildman–Crippen LogP) is 3.40. The lowest BCUT2D eigenvalue weighted by atomic mass is 10.3. The van der Waals surface area contributed by atoms with Crippen molar-refractivity contribution in [3.05, 3.63) is 59.4 Å². The number of nitrogens with one attached hydrogen (secondary N) is 1. The summed E-state index contributed by atoms with van der Waals surface area (Å²) in [6.07, 6.45) is 1.51. The first-order chi connectivity index (χ1) is 12.2. The van der Waals surface area contributed by atoms with Crippen molar-refractivity contribution in [2.75, 3.05) is 13.2 Å². The molecule has 1 amide bonds. The van der Waals surface area contributed by atoms with E-state index in [4.69, 9.17) is 25.3 Å². The summed E-state index contributed by atoms with van der Waals surface area (Å²) < 4.78 is 15.7. The molecule has 0 spiro atoms. The second-order valence-corrected chi connectivity index (χ2v) is 5.22. The van der Waals surface area contributed by atoms with E-state index >= 15 is 0 Å². The highest BCUT2D eigenvalue weighted by Gasteiger charge is 2.14. The van der Waals surface area contributed by atoms with Gasteiger partial charge in [-0.05, 0) is 24.3 Å². The Morgan fingerprint density at radius 3 is 2.88 bits per heavy atom. The molecule has 0 aliphatic rings. The summed E-state index contributed by atoms with van der Waals surface area (Å²) in [6, 6.07) is 12.1. The third kappa shape index (κ3) is 4.43. The van der Waals surface area contributed by atoms with Gasteiger partial charge in [0.2, 0.25) is 5.76 Å². The molecule has 126 valence electrons. The maximum absolute atomic E-state index is 11.9. The highest BCUT2D eigenvalue weighted by atomic mass is 35.5. The van der Waals surface area contributed by atoms with Crippen LogP contribution < -0.4 is 10.1 Å². The highest BCUT2D eigenvalue weighted by molar-refractivity contribution is 6.32. The minimum absolute atomic E-state index is 0.153. The van der Waals surface area contributed by atoms with E-state index in [-0.39, 0.29) is 24.8 Å². The zero-order chi connectivity index (χ0) is 17.5. The lowest BCUT2D eigenvalue weighted by Crippen LogP contribution is -2.23. The van der Waals surface area contributed by atoms with Gasteiger partial charge in [0.05, 0.1) is 17.8 Å². The smallest absolute Gasteiger partial charge is 0.274 e. The zero-order valence-corrected chi connectivity index (χ0v) is 13.7. The standard InChI is InChI=1S/C18H13ClN2O4/c19-13-6-1-2-7-15(13)23-10-4-3-9-20-18(22)14-12-17(25-21-14)16-8-5-11-24-16/h1-2,5-8,11-12H,9-10H2,(H,20,22). The fourth-order valence-electron chi connectivity index (χ4n) is 1.92. The van der Waals surface area contributed by atoms with Gasteiger partial charge in [0.15, 0.2) is 11.5 Å².